The Morgan fingerprint density at radius 3 is 2.09 bits per heavy atom. The summed E-state index contributed by atoms with van der Waals surface area (Å²) in [6.45, 7) is 11.5. The molecule has 0 N–H and O–H groups in total. The molecule has 4 rings (SSSR count). The highest BCUT2D eigenvalue weighted by Crippen LogP contribution is 2.34. The topological polar surface area (TPSA) is 105 Å². The van der Waals surface area contributed by atoms with Gasteiger partial charge in [0, 0.05) is 24.0 Å². The van der Waals surface area contributed by atoms with Crippen LogP contribution in [0.5, 0.6) is 5.75 Å². The van der Waals surface area contributed by atoms with Gasteiger partial charge in [-0.05, 0) is 95.9 Å². The molecule has 0 aromatic heterocycles. The van der Waals surface area contributed by atoms with Gasteiger partial charge >= 0.3 is 11.9 Å². The fraction of sp³-hybridized carbons (Fsp3) is 0.429. The molecule has 44 heavy (non-hydrogen) atoms. The highest BCUT2D eigenvalue weighted by Gasteiger charge is 2.31. The van der Waals surface area contributed by atoms with E-state index in [9.17, 15) is 19.2 Å². The quantitative estimate of drug-likeness (QED) is 0.326. The number of carbonyl (C=O) groups is 4. The van der Waals surface area contributed by atoms with Crippen LogP contribution in [0.2, 0.25) is 0 Å². The number of esters is 2. The number of carbonyl (C=O) groups excluding carboxylic acids is 4. The molecule has 0 amide bonds. The van der Waals surface area contributed by atoms with E-state index in [2.05, 4.69) is 0 Å². The van der Waals surface area contributed by atoms with E-state index in [-0.39, 0.29) is 46.6 Å². The van der Waals surface area contributed by atoms with Gasteiger partial charge in [-0.1, -0.05) is 18.2 Å². The molecule has 1 aromatic carbocycles. The van der Waals surface area contributed by atoms with Crippen molar-refractivity contribution in [2.24, 2.45) is 0 Å². The predicted octanol–water partition coefficient (Wildman–Crippen LogP) is 6.12. The first kappa shape index (κ1) is 32.6. The molecule has 234 valence electrons. The van der Waals surface area contributed by atoms with Crippen molar-refractivity contribution < 1.29 is 42.5 Å². The van der Waals surface area contributed by atoms with E-state index in [0.717, 1.165) is 5.56 Å². The van der Waals surface area contributed by atoms with Crippen molar-refractivity contribution in [2.75, 3.05) is 13.2 Å². The minimum absolute atomic E-state index is 0.188. The van der Waals surface area contributed by atoms with Gasteiger partial charge in [-0.2, -0.15) is 0 Å². The molecule has 0 spiro atoms. The summed E-state index contributed by atoms with van der Waals surface area (Å²) >= 11 is 0. The monoisotopic (exact) mass is 606 g/mol. The summed E-state index contributed by atoms with van der Waals surface area (Å²) in [5.41, 5.74) is 1.66. The molecule has 1 atom stereocenters. The molecule has 1 unspecified atom stereocenters. The van der Waals surface area contributed by atoms with Gasteiger partial charge in [0.05, 0.1) is 11.1 Å². The molecular weight excluding hydrogens is 567 g/mol. The van der Waals surface area contributed by atoms with Gasteiger partial charge in [0.15, 0.2) is 17.7 Å². The van der Waals surface area contributed by atoms with Gasteiger partial charge in [0.2, 0.25) is 0 Å². The molecule has 0 saturated carbocycles. The number of hydrogen-bond donors (Lipinski definition) is 0. The highest BCUT2D eigenvalue weighted by molar-refractivity contribution is 6.14. The lowest BCUT2D eigenvalue weighted by molar-refractivity contribution is -0.151. The predicted molar refractivity (Wildman–Crippen MR) is 162 cm³/mol. The molecular formula is C35H39FO8. The van der Waals surface area contributed by atoms with E-state index in [1.54, 1.807) is 65.8 Å². The second-order valence-electron chi connectivity index (χ2n) is 13.0. The van der Waals surface area contributed by atoms with Crippen LogP contribution in [0.4, 0.5) is 4.39 Å². The number of rotatable bonds is 8. The summed E-state index contributed by atoms with van der Waals surface area (Å²) in [6, 6.07) is 3.45. The van der Waals surface area contributed by atoms with Crippen LogP contribution in [0.3, 0.4) is 0 Å². The third-order valence-electron chi connectivity index (χ3n) is 6.69. The molecule has 0 bridgehead atoms. The molecule has 0 fully saturated rings. The van der Waals surface area contributed by atoms with E-state index in [1.165, 1.54) is 12.2 Å². The van der Waals surface area contributed by atoms with E-state index >= 15 is 4.39 Å². The Morgan fingerprint density at radius 1 is 0.864 bits per heavy atom. The van der Waals surface area contributed by atoms with Crippen LogP contribution < -0.4 is 4.74 Å². The lowest BCUT2D eigenvalue weighted by Gasteiger charge is -2.24. The van der Waals surface area contributed by atoms with Crippen molar-refractivity contribution in [1.82, 2.24) is 0 Å². The standard InChI is InChI=1S/C35H39FO8/c1-20-12-22-15-24(33(40)44-35(5,6)7)17-27(38)31(22)29(13-20)42-19-25(36)18-41-28-11-9-8-10-21-14-23(16-26(37)30(21)28)32(39)43-34(2,3)4/h9-13,16-17,25H,8,14-15,18-19H2,1-7H3. The maximum Gasteiger partial charge on any atom is 0.335 e. The summed E-state index contributed by atoms with van der Waals surface area (Å²) in [6.07, 6.45) is 7.06. The number of ketones is 2. The Labute approximate surface area is 257 Å². The van der Waals surface area contributed by atoms with E-state index in [1.807, 2.05) is 13.0 Å². The van der Waals surface area contributed by atoms with Crippen LogP contribution in [0, 0.1) is 6.92 Å². The maximum absolute atomic E-state index is 15.1. The summed E-state index contributed by atoms with van der Waals surface area (Å²) in [4.78, 5) is 51.3. The van der Waals surface area contributed by atoms with Crippen LogP contribution in [0.25, 0.3) is 0 Å². The summed E-state index contributed by atoms with van der Waals surface area (Å²) in [7, 11) is 0. The van der Waals surface area contributed by atoms with E-state index in [0.29, 0.717) is 17.6 Å². The number of allylic oxidation sites excluding steroid dienone is 7. The van der Waals surface area contributed by atoms with Crippen LogP contribution in [-0.4, -0.2) is 54.1 Å². The molecule has 0 aliphatic heterocycles. The van der Waals surface area contributed by atoms with Crippen molar-refractivity contribution in [3.8, 4) is 5.75 Å². The molecule has 3 aliphatic rings. The minimum Gasteiger partial charge on any atom is -0.490 e. The molecule has 1 aromatic rings. The van der Waals surface area contributed by atoms with Crippen molar-refractivity contribution in [3.05, 3.63) is 87.3 Å². The first-order chi connectivity index (χ1) is 20.5. The Morgan fingerprint density at radius 2 is 1.45 bits per heavy atom. The molecule has 0 heterocycles. The van der Waals surface area contributed by atoms with Gasteiger partial charge in [-0.25, -0.2) is 14.0 Å². The second kappa shape index (κ2) is 12.8. The van der Waals surface area contributed by atoms with Gasteiger partial charge in [0.25, 0.3) is 0 Å². The molecule has 0 radical (unpaired) electrons. The zero-order valence-corrected chi connectivity index (χ0v) is 26.3. The molecule has 9 heteroatoms. The largest absolute Gasteiger partial charge is 0.490 e. The zero-order chi connectivity index (χ0) is 32.4. The van der Waals surface area contributed by atoms with Crippen LogP contribution >= 0.6 is 0 Å². The zero-order valence-electron chi connectivity index (χ0n) is 26.3. The molecule has 8 nitrogen and oxygen atoms in total. The van der Waals surface area contributed by atoms with Gasteiger partial charge in [-0.15, -0.1) is 0 Å². The Hall–Kier alpha value is -4.27. The second-order valence-corrected chi connectivity index (χ2v) is 13.0. The normalized spacial score (nSPS) is 17.4. The van der Waals surface area contributed by atoms with Gasteiger partial charge in [0.1, 0.15) is 35.9 Å². The lowest BCUT2D eigenvalue weighted by atomic mass is 9.87. The van der Waals surface area contributed by atoms with Crippen LogP contribution in [0.15, 0.2) is 70.6 Å². The summed E-state index contributed by atoms with van der Waals surface area (Å²) in [5.74, 6) is -1.52. The molecule has 3 aliphatic carbocycles. The number of aryl methyl sites for hydroxylation is 1. The third kappa shape index (κ3) is 8.21. The highest BCUT2D eigenvalue weighted by atomic mass is 19.1. The van der Waals surface area contributed by atoms with Crippen molar-refractivity contribution in [2.45, 2.75) is 85.1 Å². The lowest BCUT2D eigenvalue weighted by Crippen LogP contribution is -2.27. The Kier molecular flexibility index (Phi) is 9.47. The summed E-state index contributed by atoms with van der Waals surface area (Å²) in [5, 5.41) is 0. The number of benzene rings is 1. The maximum atomic E-state index is 15.1. The van der Waals surface area contributed by atoms with Crippen molar-refractivity contribution in [3.63, 3.8) is 0 Å². The van der Waals surface area contributed by atoms with Gasteiger partial charge in [-0.3, -0.25) is 9.59 Å². The minimum atomic E-state index is -1.60. The summed E-state index contributed by atoms with van der Waals surface area (Å²) < 4.78 is 37.5. The van der Waals surface area contributed by atoms with Crippen molar-refractivity contribution >= 4 is 23.5 Å². The van der Waals surface area contributed by atoms with Crippen LogP contribution in [-0.2, 0) is 35.0 Å². The van der Waals surface area contributed by atoms with Gasteiger partial charge < -0.3 is 18.9 Å². The number of fused-ring (bicyclic) bond motifs is 2. The average Bonchev–Trinajstić information content (AvgIpc) is 3.10. The van der Waals surface area contributed by atoms with Crippen LogP contribution in [0.1, 0.15) is 75.9 Å². The Balaban J connectivity index is 1.44. The SMILES string of the molecule is Cc1cc2c(c(OCC(F)COC3=C4C(=O)C=C(C(=O)OC(C)(C)C)CC4=CCC=C3)c1)C(=O)C=C(C(=O)OC(C)(C)C)C2. The number of hydrogen-bond acceptors (Lipinski definition) is 8. The first-order valence-electron chi connectivity index (χ1n) is 14.6. The number of halogens is 1. The fourth-order valence-corrected chi connectivity index (χ4v) is 4.98. The Bertz CT molecular complexity index is 1540. The van der Waals surface area contributed by atoms with E-state index in [4.69, 9.17) is 18.9 Å². The third-order valence-corrected chi connectivity index (χ3v) is 6.69. The number of alkyl halides is 1. The fourth-order valence-electron chi connectivity index (χ4n) is 4.98. The smallest absolute Gasteiger partial charge is 0.335 e. The first-order valence-corrected chi connectivity index (χ1v) is 14.6. The number of ether oxygens (including phenoxy) is 4. The molecule has 0 saturated heterocycles. The average molecular weight is 607 g/mol. The van der Waals surface area contributed by atoms with Crippen molar-refractivity contribution in [1.29, 1.82) is 0 Å². The van der Waals surface area contributed by atoms with E-state index < -0.39 is 54.1 Å².